The number of aryl methyl sites for hydroxylation is 1. The molecular weight excluding hydrogens is 262 g/mol. The molecule has 0 aliphatic heterocycles. The second-order valence-corrected chi connectivity index (χ2v) is 6.96. The number of hydrogen-bond acceptors (Lipinski definition) is 3. The van der Waals surface area contributed by atoms with Gasteiger partial charge in [0, 0.05) is 25.9 Å². The third kappa shape index (κ3) is 6.51. The third-order valence-electron chi connectivity index (χ3n) is 3.74. The van der Waals surface area contributed by atoms with Crippen molar-refractivity contribution in [1.29, 1.82) is 0 Å². The predicted octanol–water partition coefficient (Wildman–Crippen LogP) is 4.24. The van der Waals surface area contributed by atoms with Crippen LogP contribution in [-0.4, -0.2) is 29.3 Å². The number of unbranched alkanes of at least 4 members (excludes halogenated alkanes) is 2. The lowest BCUT2D eigenvalue weighted by Gasteiger charge is -2.26. The zero-order valence-electron chi connectivity index (χ0n) is 14.7. The zero-order chi connectivity index (χ0) is 15.9. The fraction of sp³-hybridized carbons (Fsp3) is 0.824. The molecular formula is C17H33N3O. The molecule has 1 unspecified atom stereocenters. The Morgan fingerprint density at radius 2 is 2.10 bits per heavy atom. The summed E-state index contributed by atoms with van der Waals surface area (Å²) >= 11 is 0. The number of anilines is 1. The first-order valence-corrected chi connectivity index (χ1v) is 8.17. The number of methoxy groups -OCH3 is 1. The van der Waals surface area contributed by atoms with Crippen molar-refractivity contribution < 1.29 is 4.74 Å². The van der Waals surface area contributed by atoms with Gasteiger partial charge in [0.05, 0.1) is 12.3 Å². The lowest BCUT2D eigenvalue weighted by molar-refractivity contribution is 0.189. The average molecular weight is 295 g/mol. The van der Waals surface area contributed by atoms with Crippen molar-refractivity contribution in [2.45, 2.75) is 72.9 Å². The van der Waals surface area contributed by atoms with Crippen LogP contribution in [0.4, 0.5) is 5.95 Å². The third-order valence-corrected chi connectivity index (χ3v) is 3.74. The van der Waals surface area contributed by atoms with Gasteiger partial charge in [0.2, 0.25) is 5.95 Å². The van der Waals surface area contributed by atoms with Crippen LogP contribution in [0.1, 0.15) is 59.1 Å². The molecule has 4 nitrogen and oxygen atoms in total. The van der Waals surface area contributed by atoms with Crippen molar-refractivity contribution >= 4 is 5.95 Å². The molecule has 21 heavy (non-hydrogen) atoms. The molecule has 4 heteroatoms. The molecule has 0 aliphatic carbocycles. The summed E-state index contributed by atoms with van der Waals surface area (Å²) in [5.74, 6) is 0.959. The highest BCUT2D eigenvalue weighted by Gasteiger charge is 2.20. The molecule has 0 aromatic carbocycles. The molecule has 0 spiro atoms. The van der Waals surface area contributed by atoms with Gasteiger partial charge in [0.15, 0.2) is 0 Å². The normalized spacial score (nSPS) is 13.4. The topological polar surface area (TPSA) is 39.1 Å². The van der Waals surface area contributed by atoms with Crippen LogP contribution in [0, 0.1) is 12.3 Å². The molecule has 1 aromatic rings. The first kappa shape index (κ1) is 18.0. The van der Waals surface area contributed by atoms with Crippen LogP contribution in [0.3, 0.4) is 0 Å². The van der Waals surface area contributed by atoms with Gasteiger partial charge in [-0.3, -0.25) is 0 Å². The molecule has 0 saturated carbocycles. The van der Waals surface area contributed by atoms with Crippen LogP contribution in [0.25, 0.3) is 0 Å². The van der Waals surface area contributed by atoms with Crippen molar-refractivity contribution in [1.82, 2.24) is 9.55 Å². The second kappa shape index (κ2) is 8.42. The van der Waals surface area contributed by atoms with Gasteiger partial charge < -0.3 is 14.6 Å². The standard InChI is InChI=1S/C17H33N3O/c1-7-8-9-10-17(4,5)13-20-11-14(2)18-16(20)19-15(3)12-21-6/h11,15H,7-10,12-13H2,1-6H3,(H,18,19). The maximum atomic E-state index is 5.19. The van der Waals surface area contributed by atoms with Crippen molar-refractivity contribution in [3.05, 3.63) is 11.9 Å². The van der Waals surface area contributed by atoms with E-state index in [0.717, 1.165) is 18.2 Å². The Bertz CT molecular complexity index is 412. The van der Waals surface area contributed by atoms with Crippen molar-refractivity contribution in [2.24, 2.45) is 5.41 Å². The van der Waals surface area contributed by atoms with Crippen LogP contribution in [-0.2, 0) is 11.3 Å². The van der Waals surface area contributed by atoms with Crippen molar-refractivity contribution in [3.8, 4) is 0 Å². The molecule has 0 radical (unpaired) electrons. The first-order valence-electron chi connectivity index (χ1n) is 8.17. The van der Waals surface area contributed by atoms with Gasteiger partial charge in [0.25, 0.3) is 0 Å². The summed E-state index contributed by atoms with van der Waals surface area (Å²) in [7, 11) is 1.73. The number of ether oxygens (including phenoxy) is 1. The highest BCUT2D eigenvalue weighted by Crippen LogP contribution is 2.27. The molecule has 1 atom stereocenters. The highest BCUT2D eigenvalue weighted by atomic mass is 16.5. The molecule has 0 bridgehead atoms. The number of rotatable bonds is 10. The van der Waals surface area contributed by atoms with E-state index in [1.54, 1.807) is 7.11 Å². The molecule has 0 fully saturated rings. The molecule has 122 valence electrons. The van der Waals surface area contributed by atoms with Gasteiger partial charge >= 0.3 is 0 Å². The van der Waals surface area contributed by atoms with E-state index in [-0.39, 0.29) is 6.04 Å². The predicted molar refractivity (Wildman–Crippen MR) is 89.8 cm³/mol. The van der Waals surface area contributed by atoms with E-state index in [4.69, 9.17) is 4.74 Å². The Hall–Kier alpha value is -1.03. The Kier molecular flexibility index (Phi) is 7.23. The van der Waals surface area contributed by atoms with E-state index in [9.17, 15) is 0 Å². The second-order valence-electron chi connectivity index (χ2n) is 6.96. The minimum Gasteiger partial charge on any atom is -0.383 e. The van der Waals surface area contributed by atoms with E-state index in [1.807, 2.05) is 6.92 Å². The minimum absolute atomic E-state index is 0.263. The largest absolute Gasteiger partial charge is 0.383 e. The number of hydrogen-bond donors (Lipinski definition) is 1. The lowest BCUT2D eigenvalue weighted by Crippen LogP contribution is -2.26. The molecule has 1 rings (SSSR count). The highest BCUT2D eigenvalue weighted by molar-refractivity contribution is 5.30. The van der Waals surface area contributed by atoms with Crippen molar-refractivity contribution in [3.63, 3.8) is 0 Å². The molecule has 1 N–H and O–H groups in total. The van der Waals surface area contributed by atoms with Crippen LogP contribution < -0.4 is 5.32 Å². The molecule has 1 aromatic heterocycles. The van der Waals surface area contributed by atoms with Gasteiger partial charge in [-0.2, -0.15) is 0 Å². The Balaban J connectivity index is 2.69. The zero-order valence-corrected chi connectivity index (χ0v) is 14.7. The molecule has 0 amide bonds. The van der Waals surface area contributed by atoms with E-state index in [2.05, 4.69) is 48.8 Å². The quantitative estimate of drug-likeness (QED) is 0.656. The monoisotopic (exact) mass is 295 g/mol. The fourth-order valence-corrected chi connectivity index (χ4v) is 2.69. The number of nitrogens with one attached hydrogen (secondary N) is 1. The first-order chi connectivity index (χ1) is 9.88. The average Bonchev–Trinajstić information content (AvgIpc) is 2.68. The fourth-order valence-electron chi connectivity index (χ4n) is 2.69. The van der Waals surface area contributed by atoms with Gasteiger partial charge in [-0.05, 0) is 25.7 Å². The van der Waals surface area contributed by atoms with Gasteiger partial charge in [0.1, 0.15) is 0 Å². The maximum absolute atomic E-state index is 5.19. The summed E-state index contributed by atoms with van der Waals surface area (Å²) in [6, 6.07) is 0.263. The summed E-state index contributed by atoms with van der Waals surface area (Å²) in [5, 5.41) is 3.45. The lowest BCUT2D eigenvalue weighted by atomic mass is 9.87. The minimum atomic E-state index is 0.263. The van der Waals surface area contributed by atoms with E-state index >= 15 is 0 Å². The smallest absolute Gasteiger partial charge is 0.203 e. The maximum Gasteiger partial charge on any atom is 0.203 e. The Morgan fingerprint density at radius 1 is 1.38 bits per heavy atom. The summed E-state index contributed by atoms with van der Waals surface area (Å²) in [6.45, 7) is 12.8. The number of aromatic nitrogens is 2. The molecule has 0 saturated heterocycles. The summed E-state index contributed by atoms with van der Waals surface area (Å²) in [6.07, 6.45) is 7.30. The SMILES string of the molecule is CCCCCC(C)(C)Cn1cc(C)nc1NC(C)COC. The van der Waals surface area contributed by atoms with E-state index in [0.29, 0.717) is 12.0 Å². The summed E-state index contributed by atoms with van der Waals surface area (Å²) in [5.41, 5.74) is 1.36. The van der Waals surface area contributed by atoms with Gasteiger partial charge in [-0.25, -0.2) is 4.98 Å². The Morgan fingerprint density at radius 3 is 2.71 bits per heavy atom. The van der Waals surface area contributed by atoms with Crippen LogP contribution in [0.2, 0.25) is 0 Å². The number of imidazole rings is 1. The van der Waals surface area contributed by atoms with Crippen LogP contribution in [0.15, 0.2) is 6.20 Å². The van der Waals surface area contributed by atoms with E-state index < -0.39 is 0 Å². The van der Waals surface area contributed by atoms with Crippen LogP contribution >= 0.6 is 0 Å². The summed E-state index contributed by atoms with van der Waals surface area (Å²) in [4.78, 5) is 4.61. The summed E-state index contributed by atoms with van der Waals surface area (Å²) < 4.78 is 7.45. The van der Waals surface area contributed by atoms with Gasteiger partial charge in [-0.1, -0.05) is 40.0 Å². The van der Waals surface area contributed by atoms with Gasteiger partial charge in [-0.15, -0.1) is 0 Å². The van der Waals surface area contributed by atoms with E-state index in [1.165, 1.54) is 25.7 Å². The van der Waals surface area contributed by atoms with Crippen LogP contribution in [0.5, 0.6) is 0 Å². The number of nitrogens with zero attached hydrogens (tertiary/aromatic N) is 2. The Labute approximate surface area is 130 Å². The molecule has 1 heterocycles. The molecule has 0 aliphatic rings. The van der Waals surface area contributed by atoms with Crippen molar-refractivity contribution in [2.75, 3.05) is 19.0 Å².